The first-order valence-electron chi connectivity index (χ1n) is 6.81. The predicted octanol–water partition coefficient (Wildman–Crippen LogP) is 3.89. The predicted molar refractivity (Wildman–Crippen MR) is 77.0 cm³/mol. The molecule has 2 rings (SSSR count). The van der Waals surface area contributed by atoms with Crippen molar-refractivity contribution in [3.8, 4) is 11.5 Å². The highest BCUT2D eigenvalue weighted by atomic mass is 16.4. The number of hydrogen-bond donors (Lipinski definition) is 1. The molecule has 0 fully saturated rings. The lowest BCUT2D eigenvalue weighted by molar-refractivity contribution is 0.550. The maximum Gasteiger partial charge on any atom is 0.247 e. The Bertz CT molecular complexity index is 508. The van der Waals surface area contributed by atoms with Gasteiger partial charge in [-0.15, -0.1) is 10.2 Å². The van der Waals surface area contributed by atoms with Crippen LogP contribution in [0.2, 0.25) is 0 Å². The van der Waals surface area contributed by atoms with Gasteiger partial charge < -0.3 is 9.73 Å². The van der Waals surface area contributed by atoms with Crippen molar-refractivity contribution < 1.29 is 4.42 Å². The van der Waals surface area contributed by atoms with Gasteiger partial charge in [0, 0.05) is 17.8 Å². The molecule has 1 unspecified atom stereocenters. The van der Waals surface area contributed by atoms with E-state index in [9.17, 15) is 0 Å². The zero-order valence-electron chi connectivity index (χ0n) is 11.8. The lowest BCUT2D eigenvalue weighted by Gasteiger charge is -2.14. The number of aromatic nitrogens is 2. The number of nitrogens with zero attached hydrogens (tertiary/aromatic N) is 2. The highest BCUT2D eigenvalue weighted by Gasteiger charge is 2.07. The molecule has 1 atom stereocenters. The van der Waals surface area contributed by atoms with Crippen molar-refractivity contribution in [3.05, 3.63) is 30.2 Å². The Morgan fingerprint density at radius 1 is 1.37 bits per heavy atom. The third-order valence-electron chi connectivity index (χ3n) is 3.27. The molecule has 0 spiro atoms. The van der Waals surface area contributed by atoms with Crippen LogP contribution in [0.25, 0.3) is 11.5 Å². The second-order valence-corrected chi connectivity index (χ2v) is 5.05. The molecule has 1 N–H and O–H groups in total. The molecule has 0 aliphatic carbocycles. The Balaban J connectivity index is 2.09. The topological polar surface area (TPSA) is 51.0 Å². The van der Waals surface area contributed by atoms with Crippen molar-refractivity contribution in [3.63, 3.8) is 0 Å². The summed E-state index contributed by atoms with van der Waals surface area (Å²) in [5, 5.41) is 11.2. The fourth-order valence-corrected chi connectivity index (χ4v) is 2.12. The smallest absolute Gasteiger partial charge is 0.247 e. The molecule has 0 radical (unpaired) electrons. The van der Waals surface area contributed by atoms with Gasteiger partial charge in [0.15, 0.2) is 0 Å². The van der Waals surface area contributed by atoms with Gasteiger partial charge in [0.25, 0.3) is 0 Å². The van der Waals surface area contributed by atoms with E-state index in [2.05, 4.69) is 48.4 Å². The Morgan fingerprint density at radius 3 is 2.89 bits per heavy atom. The Kier molecular flexibility index (Phi) is 4.55. The van der Waals surface area contributed by atoms with Crippen molar-refractivity contribution in [2.24, 2.45) is 5.92 Å². The van der Waals surface area contributed by atoms with Crippen LogP contribution in [0, 0.1) is 12.8 Å². The van der Waals surface area contributed by atoms with E-state index in [1.54, 1.807) is 0 Å². The molecule has 19 heavy (non-hydrogen) atoms. The van der Waals surface area contributed by atoms with Gasteiger partial charge in [0.05, 0.1) is 0 Å². The molecular weight excluding hydrogens is 238 g/mol. The molecule has 102 valence electrons. The Hall–Kier alpha value is -1.84. The third-order valence-corrected chi connectivity index (χ3v) is 3.27. The number of benzene rings is 1. The van der Waals surface area contributed by atoms with Crippen LogP contribution < -0.4 is 5.32 Å². The van der Waals surface area contributed by atoms with E-state index in [4.69, 9.17) is 4.42 Å². The van der Waals surface area contributed by atoms with Gasteiger partial charge in [0.2, 0.25) is 12.3 Å². The van der Waals surface area contributed by atoms with Crippen molar-refractivity contribution >= 4 is 5.69 Å². The van der Waals surface area contributed by atoms with Crippen LogP contribution >= 0.6 is 0 Å². The summed E-state index contributed by atoms with van der Waals surface area (Å²) in [5.41, 5.74) is 3.32. The zero-order valence-corrected chi connectivity index (χ0v) is 11.8. The first-order chi connectivity index (χ1) is 9.20. The van der Waals surface area contributed by atoms with Crippen molar-refractivity contribution in [1.82, 2.24) is 10.2 Å². The standard InChI is InChI=1S/C15H21N3O/c1-4-5-11(2)9-16-14-8-13(7-6-12(14)3)15-18-17-10-19-15/h6-8,10-11,16H,4-5,9H2,1-3H3. The maximum atomic E-state index is 5.23. The fourth-order valence-electron chi connectivity index (χ4n) is 2.12. The molecule has 0 amide bonds. The van der Waals surface area contributed by atoms with E-state index in [0.29, 0.717) is 11.8 Å². The van der Waals surface area contributed by atoms with Gasteiger partial charge in [-0.05, 0) is 37.0 Å². The van der Waals surface area contributed by atoms with Gasteiger partial charge in [-0.3, -0.25) is 0 Å². The minimum absolute atomic E-state index is 0.560. The minimum atomic E-state index is 0.560. The van der Waals surface area contributed by atoms with Crippen LogP contribution in [0.1, 0.15) is 32.3 Å². The fraction of sp³-hybridized carbons (Fsp3) is 0.467. The summed E-state index contributed by atoms with van der Waals surface area (Å²) in [6.07, 6.45) is 3.82. The van der Waals surface area contributed by atoms with E-state index >= 15 is 0 Å². The van der Waals surface area contributed by atoms with Crippen LogP contribution in [-0.4, -0.2) is 16.7 Å². The molecule has 0 aliphatic rings. The lowest BCUT2D eigenvalue weighted by atomic mass is 10.1. The summed E-state index contributed by atoms with van der Waals surface area (Å²) < 4.78 is 5.23. The third kappa shape index (κ3) is 3.56. The highest BCUT2D eigenvalue weighted by Crippen LogP contribution is 2.24. The second kappa shape index (κ2) is 6.36. The van der Waals surface area contributed by atoms with Gasteiger partial charge >= 0.3 is 0 Å². The van der Waals surface area contributed by atoms with Crippen LogP contribution in [0.5, 0.6) is 0 Å². The second-order valence-electron chi connectivity index (χ2n) is 5.05. The number of nitrogens with one attached hydrogen (secondary N) is 1. The molecular formula is C15H21N3O. The van der Waals surface area contributed by atoms with E-state index in [1.807, 2.05) is 6.07 Å². The van der Waals surface area contributed by atoms with Crippen LogP contribution in [0.4, 0.5) is 5.69 Å². The summed E-state index contributed by atoms with van der Waals surface area (Å²) in [4.78, 5) is 0. The summed E-state index contributed by atoms with van der Waals surface area (Å²) in [6.45, 7) is 7.58. The number of rotatable bonds is 6. The average Bonchev–Trinajstić information content (AvgIpc) is 2.92. The highest BCUT2D eigenvalue weighted by molar-refractivity contribution is 5.64. The molecule has 1 heterocycles. The molecule has 0 saturated carbocycles. The largest absolute Gasteiger partial charge is 0.423 e. The monoisotopic (exact) mass is 259 g/mol. The van der Waals surface area contributed by atoms with E-state index in [-0.39, 0.29) is 0 Å². The van der Waals surface area contributed by atoms with Crippen molar-refractivity contribution in [1.29, 1.82) is 0 Å². The number of anilines is 1. The van der Waals surface area contributed by atoms with Gasteiger partial charge in [0.1, 0.15) is 0 Å². The van der Waals surface area contributed by atoms with Gasteiger partial charge in [-0.2, -0.15) is 0 Å². The van der Waals surface area contributed by atoms with Crippen molar-refractivity contribution in [2.75, 3.05) is 11.9 Å². The first kappa shape index (κ1) is 13.6. The summed E-state index contributed by atoms with van der Waals surface area (Å²) in [5.74, 6) is 1.24. The lowest BCUT2D eigenvalue weighted by Crippen LogP contribution is -2.11. The summed E-state index contributed by atoms with van der Waals surface area (Å²) >= 11 is 0. The van der Waals surface area contributed by atoms with E-state index in [0.717, 1.165) is 17.8 Å². The molecule has 0 aliphatic heterocycles. The van der Waals surface area contributed by atoms with Crippen LogP contribution in [0.3, 0.4) is 0 Å². The molecule has 1 aromatic heterocycles. The quantitative estimate of drug-likeness (QED) is 0.855. The SMILES string of the molecule is CCCC(C)CNc1cc(-c2nnco2)ccc1C. The van der Waals surface area contributed by atoms with Crippen molar-refractivity contribution in [2.45, 2.75) is 33.6 Å². The minimum Gasteiger partial charge on any atom is -0.423 e. The first-order valence-corrected chi connectivity index (χ1v) is 6.81. The zero-order chi connectivity index (χ0) is 13.7. The van der Waals surface area contributed by atoms with Crippen LogP contribution in [0.15, 0.2) is 29.0 Å². The van der Waals surface area contributed by atoms with E-state index in [1.165, 1.54) is 24.8 Å². The normalized spacial score (nSPS) is 12.4. The number of hydrogen-bond acceptors (Lipinski definition) is 4. The molecule has 0 saturated heterocycles. The van der Waals surface area contributed by atoms with Gasteiger partial charge in [-0.25, -0.2) is 0 Å². The molecule has 4 nitrogen and oxygen atoms in total. The Morgan fingerprint density at radius 2 is 2.21 bits per heavy atom. The molecule has 1 aromatic carbocycles. The molecule has 2 aromatic rings. The van der Waals surface area contributed by atoms with E-state index < -0.39 is 0 Å². The molecule has 0 bridgehead atoms. The Labute approximate surface area is 114 Å². The number of aryl methyl sites for hydroxylation is 1. The molecule has 4 heteroatoms. The maximum absolute atomic E-state index is 5.23. The summed E-state index contributed by atoms with van der Waals surface area (Å²) in [6, 6.07) is 6.15. The van der Waals surface area contributed by atoms with Gasteiger partial charge in [-0.1, -0.05) is 26.3 Å². The van der Waals surface area contributed by atoms with Crippen LogP contribution in [-0.2, 0) is 0 Å². The average molecular weight is 259 g/mol. The summed E-state index contributed by atoms with van der Waals surface area (Å²) in [7, 11) is 0.